The fraction of sp³-hybridized carbons (Fsp3) is 0.316. The van der Waals surface area contributed by atoms with Crippen molar-refractivity contribution in [2.75, 3.05) is 32.5 Å². The van der Waals surface area contributed by atoms with Crippen LogP contribution in [0.15, 0.2) is 41.2 Å². The minimum atomic E-state index is -0.0638. The Bertz CT molecular complexity index is 918. The third-order valence-corrected chi connectivity index (χ3v) is 5.32. The maximum atomic E-state index is 13.0. The van der Waals surface area contributed by atoms with Crippen LogP contribution < -0.4 is 10.7 Å². The van der Waals surface area contributed by atoms with Gasteiger partial charge in [0.1, 0.15) is 0 Å². The van der Waals surface area contributed by atoms with Gasteiger partial charge in [0.05, 0.1) is 12.0 Å². The molecule has 0 saturated heterocycles. The molecule has 0 bridgehead atoms. The van der Waals surface area contributed by atoms with Crippen molar-refractivity contribution in [3.05, 3.63) is 52.2 Å². The summed E-state index contributed by atoms with van der Waals surface area (Å²) < 4.78 is 1.83. The molecule has 0 amide bonds. The Kier molecular flexibility index (Phi) is 5.14. The molecule has 1 aromatic heterocycles. The van der Waals surface area contributed by atoms with E-state index in [1.807, 2.05) is 36.4 Å². The van der Waals surface area contributed by atoms with Crippen LogP contribution in [-0.2, 0) is 6.61 Å². The molecule has 0 aliphatic rings. The molecule has 1 heterocycles. The van der Waals surface area contributed by atoms with Crippen molar-refractivity contribution < 1.29 is 5.11 Å². The molecule has 0 fully saturated rings. The predicted molar refractivity (Wildman–Crippen MR) is 103 cm³/mol. The van der Waals surface area contributed by atoms with E-state index in [4.69, 9.17) is 0 Å². The zero-order valence-corrected chi connectivity index (χ0v) is 14.8. The largest absolute Gasteiger partial charge is 0.392 e. The molecule has 24 heavy (non-hydrogen) atoms. The van der Waals surface area contributed by atoms with E-state index in [2.05, 4.69) is 24.3 Å². The summed E-state index contributed by atoms with van der Waals surface area (Å²) in [7, 11) is 4.10. The van der Waals surface area contributed by atoms with Crippen molar-refractivity contribution >= 4 is 37.2 Å². The number of nitrogens with zero attached hydrogens (tertiary/aromatic N) is 1. The second kappa shape index (κ2) is 7.30. The molecule has 2 aromatic carbocycles. The summed E-state index contributed by atoms with van der Waals surface area (Å²) in [6.07, 6.45) is 1.00. The Morgan fingerprint density at radius 2 is 1.96 bits per heavy atom. The van der Waals surface area contributed by atoms with Gasteiger partial charge in [-0.2, -0.15) is 0 Å². The van der Waals surface area contributed by atoms with Crippen molar-refractivity contribution in [1.82, 2.24) is 4.90 Å². The number of hydrogen-bond donors (Lipinski definition) is 2. The van der Waals surface area contributed by atoms with E-state index in [0.717, 1.165) is 45.5 Å². The van der Waals surface area contributed by atoms with Gasteiger partial charge in [0.15, 0.2) is 5.43 Å². The minimum absolute atomic E-state index is 0.0322. The molecule has 5 heteroatoms. The highest BCUT2D eigenvalue weighted by atomic mass is 32.1. The van der Waals surface area contributed by atoms with Gasteiger partial charge in [-0.15, -0.1) is 11.3 Å². The lowest BCUT2D eigenvalue weighted by molar-refractivity contribution is 0.283. The van der Waals surface area contributed by atoms with Gasteiger partial charge in [-0.05, 0) is 50.8 Å². The molecule has 0 atom stereocenters. The Hall–Kier alpha value is -1.95. The number of rotatable bonds is 6. The van der Waals surface area contributed by atoms with Crippen molar-refractivity contribution in [2.24, 2.45) is 0 Å². The fourth-order valence-corrected chi connectivity index (χ4v) is 4.05. The molecule has 0 saturated carbocycles. The highest BCUT2D eigenvalue weighted by Gasteiger charge is 2.13. The molecular formula is C19H22N2O2S. The Labute approximate surface area is 145 Å². The lowest BCUT2D eigenvalue weighted by Crippen LogP contribution is -2.17. The van der Waals surface area contributed by atoms with E-state index in [1.165, 1.54) is 0 Å². The minimum Gasteiger partial charge on any atom is -0.392 e. The zero-order valence-electron chi connectivity index (χ0n) is 14.0. The normalized spacial score (nSPS) is 11.5. The highest BCUT2D eigenvalue weighted by molar-refractivity contribution is 7.24. The van der Waals surface area contributed by atoms with Gasteiger partial charge >= 0.3 is 0 Å². The van der Waals surface area contributed by atoms with E-state index in [0.29, 0.717) is 5.39 Å². The molecule has 2 N–H and O–H groups in total. The zero-order chi connectivity index (χ0) is 17.1. The number of aliphatic hydroxyl groups is 1. The monoisotopic (exact) mass is 342 g/mol. The smallest absolute Gasteiger partial charge is 0.197 e. The third kappa shape index (κ3) is 3.29. The first-order chi connectivity index (χ1) is 11.6. The van der Waals surface area contributed by atoms with Gasteiger partial charge in [0, 0.05) is 27.0 Å². The fourth-order valence-electron chi connectivity index (χ4n) is 2.85. The quantitative estimate of drug-likeness (QED) is 0.533. The number of nitrogens with one attached hydrogen (secondary N) is 1. The number of hydrogen-bond acceptors (Lipinski definition) is 5. The number of aliphatic hydroxyl groups excluding tert-OH is 1. The van der Waals surface area contributed by atoms with Crippen molar-refractivity contribution in [3.63, 3.8) is 0 Å². The van der Waals surface area contributed by atoms with Gasteiger partial charge in [0.2, 0.25) is 0 Å². The Balaban J connectivity index is 2.09. The van der Waals surface area contributed by atoms with E-state index in [9.17, 15) is 9.90 Å². The molecule has 0 unspecified atom stereocenters. The molecule has 0 aliphatic heterocycles. The summed E-state index contributed by atoms with van der Waals surface area (Å²) >= 11 is 1.57. The second-order valence-corrected chi connectivity index (χ2v) is 7.20. The summed E-state index contributed by atoms with van der Waals surface area (Å²) in [5, 5.41) is 14.5. The van der Waals surface area contributed by atoms with E-state index < -0.39 is 0 Å². The van der Waals surface area contributed by atoms with E-state index in [1.54, 1.807) is 11.3 Å². The summed E-state index contributed by atoms with van der Waals surface area (Å²) in [6, 6.07) is 11.5. The lowest BCUT2D eigenvalue weighted by atomic mass is 10.1. The number of benzene rings is 2. The summed E-state index contributed by atoms with van der Waals surface area (Å²) in [4.78, 5) is 15.1. The van der Waals surface area contributed by atoms with Crippen LogP contribution in [0.4, 0.5) is 5.69 Å². The molecule has 0 radical (unpaired) electrons. The SMILES string of the molecule is CN(C)CCCNc1ccc(CO)c2sc3ccccc3c(=O)c12. The number of anilines is 1. The van der Waals surface area contributed by atoms with Gasteiger partial charge < -0.3 is 15.3 Å². The van der Waals surface area contributed by atoms with Gasteiger partial charge in [-0.25, -0.2) is 0 Å². The molecule has 3 aromatic rings. The Morgan fingerprint density at radius 1 is 1.17 bits per heavy atom. The standard InChI is InChI=1S/C19H22N2O2S/c1-21(2)11-5-10-20-15-9-8-13(12-22)19-17(15)18(23)14-6-3-4-7-16(14)24-19/h3-4,6-9,20,22H,5,10-12H2,1-2H3. The maximum absolute atomic E-state index is 13.0. The first-order valence-electron chi connectivity index (χ1n) is 8.08. The molecular weight excluding hydrogens is 320 g/mol. The van der Waals surface area contributed by atoms with Crippen LogP contribution in [-0.4, -0.2) is 37.2 Å². The number of fused-ring (bicyclic) bond motifs is 2. The average molecular weight is 342 g/mol. The highest BCUT2D eigenvalue weighted by Crippen LogP contribution is 2.32. The first kappa shape index (κ1) is 16.9. The van der Waals surface area contributed by atoms with Gasteiger partial charge in [0.25, 0.3) is 0 Å². The van der Waals surface area contributed by atoms with E-state index in [-0.39, 0.29) is 12.0 Å². The summed E-state index contributed by atoms with van der Waals surface area (Å²) in [6.45, 7) is 1.74. The molecule has 4 nitrogen and oxygen atoms in total. The topological polar surface area (TPSA) is 52.6 Å². The van der Waals surface area contributed by atoms with Gasteiger partial charge in [-0.3, -0.25) is 4.79 Å². The van der Waals surface area contributed by atoms with Crippen LogP contribution in [0.1, 0.15) is 12.0 Å². The maximum Gasteiger partial charge on any atom is 0.197 e. The van der Waals surface area contributed by atoms with Crippen molar-refractivity contribution in [1.29, 1.82) is 0 Å². The van der Waals surface area contributed by atoms with Crippen LogP contribution in [0.3, 0.4) is 0 Å². The molecule has 126 valence electrons. The average Bonchev–Trinajstić information content (AvgIpc) is 2.58. The van der Waals surface area contributed by atoms with Crippen LogP contribution >= 0.6 is 11.3 Å². The molecule has 3 rings (SSSR count). The lowest BCUT2D eigenvalue weighted by Gasteiger charge is -2.14. The Morgan fingerprint density at radius 3 is 2.71 bits per heavy atom. The predicted octanol–water partition coefficient (Wildman–Crippen LogP) is 3.27. The van der Waals surface area contributed by atoms with Crippen molar-refractivity contribution in [2.45, 2.75) is 13.0 Å². The molecule has 0 spiro atoms. The third-order valence-electron chi connectivity index (χ3n) is 4.08. The summed E-state index contributed by atoms with van der Waals surface area (Å²) in [5.74, 6) is 0. The van der Waals surface area contributed by atoms with Crippen molar-refractivity contribution in [3.8, 4) is 0 Å². The van der Waals surface area contributed by atoms with E-state index >= 15 is 0 Å². The van der Waals surface area contributed by atoms with Crippen LogP contribution in [0, 0.1) is 0 Å². The van der Waals surface area contributed by atoms with Crippen LogP contribution in [0.2, 0.25) is 0 Å². The molecule has 0 aliphatic carbocycles. The van der Waals surface area contributed by atoms with Crippen LogP contribution in [0.25, 0.3) is 20.2 Å². The van der Waals surface area contributed by atoms with Crippen LogP contribution in [0.5, 0.6) is 0 Å². The summed E-state index contributed by atoms with van der Waals surface area (Å²) in [5.41, 5.74) is 1.69. The first-order valence-corrected chi connectivity index (χ1v) is 8.90. The second-order valence-electron chi connectivity index (χ2n) is 6.15. The van der Waals surface area contributed by atoms with Gasteiger partial charge in [-0.1, -0.05) is 18.2 Å².